The zero-order valence-corrected chi connectivity index (χ0v) is 23.4. The van der Waals surface area contributed by atoms with E-state index in [1.807, 2.05) is 24.3 Å². The molecule has 3 heterocycles. The van der Waals surface area contributed by atoms with Crippen molar-refractivity contribution >= 4 is 74.5 Å². The van der Waals surface area contributed by atoms with E-state index in [9.17, 15) is 14.7 Å². The van der Waals surface area contributed by atoms with Gasteiger partial charge in [0, 0.05) is 15.8 Å². The lowest BCUT2D eigenvalue weighted by molar-refractivity contribution is -0.117. The van der Waals surface area contributed by atoms with E-state index in [1.54, 1.807) is 38.1 Å². The van der Waals surface area contributed by atoms with Gasteiger partial charge in [-0.05, 0) is 43.2 Å². The van der Waals surface area contributed by atoms with Crippen LogP contribution < -0.4 is 4.90 Å². The quantitative estimate of drug-likeness (QED) is 0.141. The number of aromatic nitrogens is 3. The van der Waals surface area contributed by atoms with E-state index >= 15 is 0 Å². The van der Waals surface area contributed by atoms with E-state index in [2.05, 4.69) is 15.2 Å². The number of benzene rings is 2. The highest BCUT2D eigenvalue weighted by Gasteiger charge is 2.46. The standard InChI is InChI=1S/C25H18Cl2N4O3S3/c1-12-22(36-13(2)28-12)20(32)18-19(14-7-9-16(26)10-8-14)31(23(34)21(18)33)24-29-30-25(37-24)35-11-15-5-3-4-6-17(15)27/h3-10,19,33H,11H2,1-2H3. The largest absolute Gasteiger partial charge is 0.503 e. The summed E-state index contributed by atoms with van der Waals surface area (Å²) in [6.07, 6.45) is 0. The van der Waals surface area contributed by atoms with Gasteiger partial charge in [0.15, 0.2) is 10.1 Å². The van der Waals surface area contributed by atoms with Gasteiger partial charge in [0.05, 0.1) is 27.2 Å². The maximum absolute atomic E-state index is 13.7. The topological polar surface area (TPSA) is 96.3 Å². The van der Waals surface area contributed by atoms with Crippen LogP contribution in [0.3, 0.4) is 0 Å². The van der Waals surface area contributed by atoms with Crippen molar-refractivity contribution in [3.63, 3.8) is 0 Å². The Bertz CT molecular complexity index is 1550. The molecule has 7 nitrogen and oxygen atoms in total. The minimum Gasteiger partial charge on any atom is -0.503 e. The molecule has 1 N–H and O–H groups in total. The molecule has 2 aromatic carbocycles. The molecule has 5 rings (SSSR count). The molecule has 0 bridgehead atoms. The molecule has 2 aromatic heterocycles. The number of aliphatic hydroxyl groups excluding tert-OH is 1. The Labute approximate surface area is 234 Å². The normalized spacial score (nSPS) is 15.6. The van der Waals surface area contributed by atoms with Crippen LogP contribution in [0, 0.1) is 13.8 Å². The summed E-state index contributed by atoms with van der Waals surface area (Å²) in [5.41, 5.74) is 2.07. The first kappa shape index (κ1) is 25.9. The molecule has 188 valence electrons. The highest BCUT2D eigenvalue weighted by atomic mass is 35.5. The molecular formula is C25H18Cl2N4O3S3. The number of thiazole rings is 1. The maximum atomic E-state index is 13.7. The van der Waals surface area contributed by atoms with Gasteiger partial charge in [0.25, 0.3) is 5.91 Å². The number of hydrogen-bond donors (Lipinski definition) is 1. The summed E-state index contributed by atoms with van der Waals surface area (Å²) in [5.74, 6) is -1.22. The average molecular weight is 590 g/mol. The molecule has 0 spiro atoms. The third kappa shape index (κ3) is 5.04. The van der Waals surface area contributed by atoms with E-state index in [4.69, 9.17) is 23.2 Å². The number of carbonyl (C=O) groups is 2. The summed E-state index contributed by atoms with van der Waals surface area (Å²) >= 11 is 16.2. The second-order valence-electron chi connectivity index (χ2n) is 8.10. The monoisotopic (exact) mass is 588 g/mol. The van der Waals surface area contributed by atoms with Crippen molar-refractivity contribution in [2.24, 2.45) is 0 Å². The second-order valence-corrected chi connectivity index (χ2v) is 12.3. The molecular weight excluding hydrogens is 571 g/mol. The van der Waals surface area contributed by atoms with Gasteiger partial charge >= 0.3 is 0 Å². The molecule has 0 radical (unpaired) electrons. The summed E-state index contributed by atoms with van der Waals surface area (Å²) in [4.78, 5) is 33.0. The highest BCUT2D eigenvalue weighted by Crippen LogP contribution is 2.44. The van der Waals surface area contributed by atoms with Gasteiger partial charge in [0.2, 0.25) is 10.9 Å². The number of anilines is 1. The number of halogens is 2. The number of aryl methyl sites for hydroxylation is 2. The lowest BCUT2D eigenvalue weighted by Gasteiger charge is -2.24. The number of thioether (sulfide) groups is 1. The molecule has 1 atom stereocenters. The molecule has 0 saturated carbocycles. The first-order chi connectivity index (χ1) is 17.7. The highest BCUT2D eigenvalue weighted by molar-refractivity contribution is 8.00. The van der Waals surface area contributed by atoms with Crippen molar-refractivity contribution in [1.29, 1.82) is 0 Å². The number of amides is 1. The fourth-order valence-electron chi connectivity index (χ4n) is 3.97. The van der Waals surface area contributed by atoms with Crippen LogP contribution in [0.15, 0.2) is 64.2 Å². The predicted molar refractivity (Wildman–Crippen MR) is 148 cm³/mol. The summed E-state index contributed by atoms with van der Waals surface area (Å²) in [6, 6.07) is 13.4. The molecule has 0 saturated heterocycles. The van der Waals surface area contributed by atoms with Crippen LogP contribution in [0.5, 0.6) is 0 Å². The van der Waals surface area contributed by atoms with Gasteiger partial charge < -0.3 is 5.11 Å². The van der Waals surface area contributed by atoms with Gasteiger partial charge in [-0.15, -0.1) is 21.5 Å². The third-order valence-corrected chi connectivity index (χ3v) is 9.46. The Balaban J connectivity index is 1.51. The minimum atomic E-state index is -0.909. The van der Waals surface area contributed by atoms with E-state index in [0.717, 1.165) is 10.6 Å². The van der Waals surface area contributed by atoms with Gasteiger partial charge in [-0.2, -0.15) is 0 Å². The van der Waals surface area contributed by atoms with Crippen molar-refractivity contribution < 1.29 is 14.7 Å². The number of Topliss-reactive ketones (excluding diaryl/α,β-unsaturated/α-hetero) is 1. The van der Waals surface area contributed by atoms with Crippen molar-refractivity contribution in [3.05, 3.63) is 96.6 Å². The summed E-state index contributed by atoms with van der Waals surface area (Å²) < 4.78 is 0.616. The van der Waals surface area contributed by atoms with E-state index < -0.39 is 23.5 Å². The number of nitrogens with zero attached hydrogens (tertiary/aromatic N) is 4. The molecule has 0 aliphatic carbocycles. The molecule has 0 fully saturated rings. The van der Waals surface area contributed by atoms with Gasteiger partial charge in [-0.3, -0.25) is 14.5 Å². The second kappa shape index (κ2) is 10.5. The van der Waals surface area contributed by atoms with Crippen LogP contribution in [-0.4, -0.2) is 32.0 Å². The Morgan fingerprint density at radius 2 is 1.81 bits per heavy atom. The fourth-order valence-corrected chi connectivity index (χ4v) is 7.13. The molecule has 1 unspecified atom stereocenters. The average Bonchev–Trinajstić information content (AvgIpc) is 3.55. The maximum Gasteiger partial charge on any atom is 0.296 e. The van der Waals surface area contributed by atoms with Crippen molar-refractivity contribution in [3.8, 4) is 0 Å². The van der Waals surface area contributed by atoms with Crippen LogP contribution in [0.4, 0.5) is 5.13 Å². The number of carbonyl (C=O) groups excluding carboxylic acids is 2. The lowest BCUT2D eigenvalue weighted by atomic mass is 9.95. The van der Waals surface area contributed by atoms with Crippen LogP contribution in [0.1, 0.15) is 37.5 Å². The fraction of sp³-hybridized carbons (Fsp3) is 0.160. The van der Waals surface area contributed by atoms with Crippen LogP contribution in [0.25, 0.3) is 0 Å². The zero-order chi connectivity index (χ0) is 26.3. The Kier molecular flexibility index (Phi) is 7.37. The van der Waals surface area contributed by atoms with E-state index in [1.165, 1.54) is 39.3 Å². The van der Waals surface area contributed by atoms with Crippen molar-refractivity contribution in [2.45, 2.75) is 30.0 Å². The third-order valence-electron chi connectivity index (χ3n) is 5.66. The smallest absolute Gasteiger partial charge is 0.296 e. The van der Waals surface area contributed by atoms with Crippen molar-refractivity contribution in [2.75, 3.05) is 4.90 Å². The predicted octanol–water partition coefficient (Wildman–Crippen LogP) is 6.99. The number of hydrogen-bond acceptors (Lipinski definition) is 9. The Morgan fingerprint density at radius 1 is 1.08 bits per heavy atom. The number of rotatable bonds is 7. The molecule has 4 aromatic rings. The lowest BCUT2D eigenvalue weighted by Crippen LogP contribution is -2.31. The van der Waals surface area contributed by atoms with Gasteiger partial charge in [-0.1, -0.05) is 76.6 Å². The SMILES string of the molecule is Cc1nc(C)c(C(=O)C2=C(O)C(=O)N(c3nnc(SCc4ccccc4Cl)s3)C2c2ccc(Cl)cc2)s1. The first-order valence-electron chi connectivity index (χ1n) is 10.9. The molecule has 1 aliphatic heterocycles. The Hall–Kier alpha value is -2.76. The van der Waals surface area contributed by atoms with Crippen LogP contribution >= 0.6 is 57.6 Å². The van der Waals surface area contributed by atoms with E-state index in [0.29, 0.717) is 36.3 Å². The molecule has 1 aliphatic rings. The van der Waals surface area contributed by atoms with Crippen LogP contribution in [0.2, 0.25) is 10.0 Å². The number of ketones is 1. The first-order valence-corrected chi connectivity index (χ1v) is 14.3. The summed E-state index contributed by atoms with van der Waals surface area (Å²) in [6.45, 7) is 3.53. The molecule has 37 heavy (non-hydrogen) atoms. The number of aliphatic hydroxyl groups is 1. The molecule has 12 heteroatoms. The Morgan fingerprint density at radius 3 is 2.49 bits per heavy atom. The van der Waals surface area contributed by atoms with E-state index in [-0.39, 0.29) is 10.7 Å². The van der Waals surface area contributed by atoms with Gasteiger partial charge in [-0.25, -0.2) is 4.98 Å². The summed E-state index contributed by atoms with van der Waals surface area (Å²) in [5, 5.41) is 21.6. The van der Waals surface area contributed by atoms with Crippen LogP contribution in [-0.2, 0) is 10.5 Å². The zero-order valence-electron chi connectivity index (χ0n) is 19.4. The van der Waals surface area contributed by atoms with Gasteiger partial charge in [0.1, 0.15) is 0 Å². The van der Waals surface area contributed by atoms with Crippen molar-refractivity contribution in [1.82, 2.24) is 15.2 Å². The molecule has 1 amide bonds. The minimum absolute atomic E-state index is 0.0282. The summed E-state index contributed by atoms with van der Waals surface area (Å²) in [7, 11) is 0.